The Morgan fingerprint density at radius 3 is 2.41 bits per heavy atom. The molecule has 3 heteroatoms. The zero-order chi connectivity index (χ0) is 13.2. The fraction of sp³-hybridized carbons (Fsp3) is 0.500. The van der Waals surface area contributed by atoms with Gasteiger partial charge in [-0.25, -0.2) is 0 Å². The van der Waals surface area contributed by atoms with Crippen LogP contribution in [0.4, 0.5) is 5.69 Å². The number of benzene rings is 1. The summed E-state index contributed by atoms with van der Waals surface area (Å²) in [6, 6.07) is 6.02. The Bertz CT molecular complexity index is 417. The number of amides is 1. The molecule has 0 aliphatic rings. The molecule has 0 heterocycles. The van der Waals surface area contributed by atoms with Crippen LogP contribution >= 0.6 is 0 Å². The lowest BCUT2D eigenvalue weighted by Crippen LogP contribution is -2.25. The quantitative estimate of drug-likeness (QED) is 0.827. The van der Waals surface area contributed by atoms with Crippen LogP contribution in [0.1, 0.15) is 38.8 Å². The lowest BCUT2D eigenvalue weighted by atomic mass is 9.86. The van der Waals surface area contributed by atoms with Gasteiger partial charge in [-0.05, 0) is 36.5 Å². The first-order valence-corrected chi connectivity index (χ1v) is 5.82. The lowest BCUT2D eigenvalue weighted by molar-refractivity contribution is -0.123. The minimum atomic E-state index is -0.993. The van der Waals surface area contributed by atoms with Crippen LogP contribution in [-0.4, -0.2) is 17.1 Å². The van der Waals surface area contributed by atoms with Crippen LogP contribution in [0.25, 0.3) is 0 Å². The van der Waals surface area contributed by atoms with E-state index in [0.717, 1.165) is 16.8 Å². The summed E-state index contributed by atoms with van der Waals surface area (Å²) >= 11 is 0. The Morgan fingerprint density at radius 1 is 1.35 bits per heavy atom. The van der Waals surface area contributed by atoms with Crippen molar-refractivity contribution in [3.05, 3.63) is 29.3 Å². The molecule has 0 saturated heterocycles. The monoisotopic (exact) mass is 235 g/mol. The Morgan fingerprint density at radius 2 is 1.94 bits per heavy atom. The van der Waals surface area contributed by atoms with Crippen LogP contribution < -0.4 is 5.32 Å². The molecule has 17 heavy (non-hydrogen) atoms. The third-order valence-corrected chi connectivity index (χ3v) is 2.74. The molecule has 0 aliphatic carbocycles. The van der Waals surface area contributed by atoms with Crippen molar-refractivity contribution in [2.75, 3.05) is 5.32 Å². The summed E-state index contributed by atoms with van der Waals surface area (Å²) in [6.07, 6.45) is -0.993. The van der Waals surface area contributed by atoms with Gasteiger partial charge in [0, 0.05) is 5.69 Å². The molecule has 0 aromatic heterocycles. The largest absolute Gasteiger partial charge is 0.384 e. The Labute approximate surface area is 103 Å². The number of aliphatic hydroxyl groups excluding tert-OH is 1. The zero-order valence-electron chi connectivity index (χ0n) is 11.2. The van der Waals surface area contributed by atoms with Crippen LogP contribution in [0, 0.1) is 6.92 Å². The van der Waals surface area contributed by atoms with Gasteiger partial charge < -0.3 is 10.4 Å². The van der Waals surface area contributed by atoms with E-state index in [2.05, 4.69) is 32.2 Å². The second kappa shape index (κ2) is 4.88. The van der Waals surface area contributed by atoms with Crippen molar-refractivity contribution in [2.45, 2.75) is 46.1 Å². The minimum Gasteiger partial charge on any atom is -0.384 e. The number of nitrogens with one attached hydrogen (secondary N) is 1. The summed E-state index contributed by atoms with van der Waals surface area (Å²) in [5.74, 6) is -0.376. The van der Waals surface area contributed by atoms with E-state index in [1.54, 1.807) is 0 Å². The number of carbonyl (C=O) groups is 1. The molecule has 1 aromatic rings. The number of rotatable bonds is 2. The first kappa shape index (κ1) is 13.7. The Balaban J connectivity index is 3.03. The Hall–Kier alpha value is -1.35. The van der Waals surface area contributed by atoms with Gasteiger partial charge in [0.25, 0.3) is 5.91 Å². The molecule has 1 amide bonds. The molecule has 0 aliphatic heterocycles. The van der Waals surface area contributed by atoms with Crippen molar-refractivity contribution in [2.24, 2.45) is 0 Å². The number of aliphatic hydroxyl groups is 1. The number of anilines is 1. The van der Waals surface area contributed by atoms with Crippen LogP contribution in [-0.2, 0) is 10.2 Å². The molecular formula is C14H21NO2. The summed E-state index contributed by atoms with van der Waals surface area (Å²) in [7, 11) is 0. The van der Waals surface area contributed by atoms with Crippen LogP contribution in [0.2, 0.25) is 0 Å². The van der Waals surface area contributed by atoms with Gasteiger partial charge >= 0.3 is 0 Å². The van der Waals surface area contributed by atoms with E-state index >= 15 is 0 Å². The molecule has 0 spiro atoms. The topological polar surface area (TPSA) is 49.3 Å². The molecule has 3 nitrogen and oxygen atoms in total. The fourth-order valence-corrected chi connectivity index (χ4v) is 1.46. The van der Waals surface area contributed by atoms with E-state index in [4.69, 9.17) is 0 Å². The second-order valence-corrected chi connectivity index (χ2v) is 5.44. The van der Waals surface area contributed by atoms with Crippen molar-refractivity contribution in [3.63, 3.8) is 0 Å². The molecule has 1 rings (SSSR count). The van der Waals surface area contributed by atoms with Gasteiger partial charge in [0.05, 0.1) is 0 Å². The number of carbonyl (C=O) groups excluding carboxylic acids is 1. The summed E-state index contributed by atoms with van der Waals surface area (Å²) in [4.78, 5) is 11.5. The maximum atomic E-state index is 11.5. The van der Waals surface area contributed by atoms with Crippen molar-refractivity contribution in [1.29, 1.82) is 0 Å². The molecule has 0 fully saturated rings. The minimum absolute atomic E-state index is 0.0397. The molecule has 2 N–H and O–H groups in total. The molecule has 1 aromatic carbocycles. The average Bonchev–Trinajstić information content (AvgIpc) is 2.19. The molecule has 0 bridgehead atoms. The number of hydrogen-bond donors (Lipinski definition) is 2. The number of hydrogen-bond acceptors (Lipinski definition) is 2. The van der Waals surface area contributed by atoms with Gasteiger partial charge in [-0.2, -0.15) is 0 Å². The van der Waals surface area contributed by atoms with E-state index in [1.165, 1.54) is 6.92 Å². The summed E-state index contributed by atoms with van der Waals surface area (Å²) in [5, 5.41) is 11.9. The van der Waals surface area contributed by atoms with E-state index in [9.17, 15) is 9.90 Å². The summed E-state index contributed by atoms with van der Waals surface area (Å²) < 4.78 is 0. The maximum absolute atomic E-state index is 11.5. The second-order valence-electron chi connectivity index (χ2n) is 5.44. The maximum Gasteiger partial charge on any atom is 0.252 e. The SMILES string of the molecule is Cc1ccc(C(C)(C)C)cc1NC(=O)C(C)O. The van der Waals surface area contributed by atoms with Gasteiger partial charge in [0.15, 0.2) is 0 Å². The van der Waals surface area contributed by atoms with Gasteiger partial charge in [-0.1, -0.05) is 32.9 Å². The van der Waals surface area contributed by atoms with E-state index in [0.29, 0.717) is 0 Å². The highest BCUT2D eigenvalue weighted by Crippen LogP contribution is 2.26. The predicted octanol–water partition coefficient (Wildman–Crippen LogP) is 2.61. The lowest BCUT2D eigenvalue weighted by Gasteiger charge is -2.21. The summed E-state index contributed by atoms with van der Waals surface area (Å²) in [5.41, 5.74) is 2.96. The average molecular weight is 235 g/mol. The first-order chi connectivity index (χ1) is 7.71. The third kappa shape index (κ3) is 3.56. The third-order valence-electron chi connectivity index (χ3n) is 2.74. The highest BCUT2D eigenvalue weighted by atomic mass is 16.3. The smallest absolute Gasteiger partial charge is 0.252 e. The zero-order valence-corrected chi connectivity index (χ0v) is 11.2. The highest BCUT2D eigenvalue weighted by Gasteiger charge is 2.16. The van der Waals surface area contributed by atoms with Gasteiger partial charge in [0.2, 0.25) is 0 Å². The predicted molar refractivity (Wildman–Crippen MR) is 70.2 cm³/mol. The van der Waals surface area contributed by atoms with E-state index < -0.39 is 6.10 Å². The van der Waals surface area contributed by atoms with Crippen LogP contribution in [0.3, 0.4) is 0 Å². The molecule has 0 saturated carbocycles. The molecule has 1 atom stereocenters. The highest BCUT2D eigenvalue weighted by molar-refractivity contribution is 5.94. The van der Waals surface area contributed by atoms with Crippen molar-refractivity contribution < 1.29 is 9.90 Å². The number of aryl methyl sites for hydroxylation is 1. The molecule has 94 valence electrons. The van der Waals surface area contributed by atoms with Gasteiger partial charge in [-0.15, -0.1) is 0 Å². The van der Waals surface area contributed by atoms with Gasteiger partial charge in [0.1, 0.15) is 6.10 Å². The Kier molecular flexibility index (Phi) is 3.94. The van der Waals surface area contributed by atoms with Gasteiger partial charge in [-0.3, -0.25) is 4.79 Å². The standard InChI is InChI=1S/C14H21NO2/c1-9-6-7-11(14(3,4)5)8-12(9)15-13(17)10(2)16/h6-8,10,16H,1-5H3,(H,15,17). The van der Waals surface area contributed by atoms with E-state index in [-0.39, 0.29) is 11.3 Å². The molecule has 0 radical (unpaired) electrons. The van der Waals surface area contributed by atoms with Crippen molar-refractivity contribution in [3.8, 4) is 0 Å². The fourth-order valence-electron chi connectivity index (χ4n) is 1.46. The molecular weight excluding hydrogens is 214 g/mol. The van der Waals surface area contributed by atoms with Crippen molar-refractivity contribution >= 4 is 11.6 Å². The normalized spacial score (nSPS) is 13.3. The first-order valence-electron chi connectivity index (χ1n) is 5.82. The van der Waals surface area contributed by atoms with Crippen LogP contribution in [0.5, 0.6) is 0 Å². The molecule has 1 unspecified atom stereocenters. The summed E-state index contributed by atoms with van der Waals surface area (Å²) in [6.45, 7) is 9.76. The van der Waals surface area contributed by atoms with Crippen LogP contribution in [0.15, 0.2) is 18.2 Å². The van der Waals surface area contributed by atoms with E-state index in [1.807, 2.05) is 19.1 Å². The van der Waals surface area contributed by atoms with Crippen molar-refractivity contribution in [1.82, 2.24) is 0 Å².